The third kappa shape index (κ3) is 8.40. The van der Waals surface area contributed by atoms with Gasteiger partial charge < -0.3 is 10.1 Å². The Hall–Kier alpha value is -3.22. The molecule has 0 bridgehead atoms. The first-order valence-corrected chi connectivity index (χ1v) is 11.8. The third-order valence-electron chi connectivity index (χ3n) is 5.82. The number of nitrogens with one attached hydrogen (secondary N) is 1. The third-order valence-corrected chi connectivity index (χ3v) is 5.82. The van der Waals surface area contributed by atoms with Crippen molar-refractivity contribution in [2.75, 3.05) is 6.61 Å². The summed E-state index contributed by atoms with van der Waals surface area (Å²) < 4.78 is 82.6. The number of carbonyl (C=O) groups is 1. The number of nitrogens with zero attached hydrogens (tertiary/aromatic N) is 4. The summed E-state index contributed by atoms with van der Waals surface area (Å²) in [5.74, 6) is -1.11. The van der Waals surface area contributed by atoms with Crippen LogP contribution in [0.25, 0.3) is 0 Å². The Morgan fingerprint density at radius 2 is 1.74 bits per heavy atom. The highest BCUT2D eigenvalue weighted by Crippen LogP contribution is 2.30. The average Bonchev–Trinajstić information content (AvgIpc) is 3.21. The van der Waals surface area contributed by atoms with Gasteiger partial charge in [-0.2, -0.15) is 26.3 Å². The summed E-state index contributed by atoms with van der Waals surface area (Å²) in [5, 5.41) is 9.76. The van der Waals surface area contributed by atoms with Crippen LogP contribution in [0.4, 0.5) is 26.3 Å². The number of hydrogen-bond donors (Lipinski definition) is 1. The number of benzene rings is 1. The van der Waals surface area contributed by atoms with Crippen LogP contribution < -0.4 is 5.32 Å². The molecule has 2 heterocycles. The summed E-state index contributed by atoms with van der Waals surface area (Å²) in [6, 6.07) is 6.22. The van der Waals surface area contributed by atoms with Crippen LogP contribution in [0.1, 0.15) is 50.6 Å². The molecule has 1 aromatic heterocycles. The first-order chi connectivity index (χ1) is 17.5. The second-order valence-corrected chi connectivity index (χ2v) is 10.2. The van der Waals surface area contributed by atoms with Crippen molar-refractivity contribution in [3.05, 3.63) is 59.1 Å². The number of amides is 1. The lowest BCUT2D eigenvalue weighted by atomic mass is 9.86. The number of aliphatic imine (C=N–C) groups is 1. The second-order valence-electron chi connectivity index (χ2n) is 10.2. The van der Waals surface area contributed by atoms with Gasteiger partial charge in [0.25, 0.3) is 0 Å². The smallest absolute Gasteiger partial charge is 0.363 e. The van der Waals surface area contributed by atoms with Crippen LogP contribution in [-0.2, 0) is 27.9 Å². The van der Waals surface area contributed by atoms with Crippen molar-refractivity contribution in [2.45, 2.75) is 70.6 Å². The van der Waals surface area contributed by atoms with Gasteiger partial charge in [0.15, 0.2) is 0 Å². The first-order valence-electron chi connectivity index (χ1n) is 11.8. The Balaban J connectivity index is 1.84. The molecule has 7 nitrogen and oxygen atoms in total. The molecule has 0 aliphatic carbocycles. The molecule has 1 aromatic carbocycles. The summed E-state index contributed by atoms with van der Waals surface area (Å²) >= 11 is 0. The maximum absolute atomic E-state index is 13.1. The Morgan fingerprint density at radius 3 is 2.29 bits per heavy atom. The molecule has 1 amide bonds. The summed E-state index contributed by atoms with van der Waals surface area (Å²) in [4.78, 5) is 17.1. The molecule has 13 heteroatoms. The van der Waals surface area contributed by atoms with Crippen LogP contribution in [0.5, 0.6) is 0 Å². The number of halogens is 6. The van der Waals surface area contributed by atoms with E-state index >= 15 is 0 Å². The molecule has 0 saturated carbocycles. The van der Waals surface area contributed by atoms with E-state index in [4.69, 9.17) is 4.74 Å². The van der Waals surface area contributed by atoms with E-state index in [1.807, 2.05) is 12.1 Å². The predicted molar refractivity (Wildman–Crippen MR) is 127 cm³/mol. The van der Waals surface area contributed by atoms with Crippen molar-refractivity contribution in [3.63, 3.8) is 0 Å². The van der Waals surface area contributed by atoms with E-state index in [-0.39, 0.29) is 23.2 Å². The molecule has 0 saturated heterocycles. The second kappa shape index (κ2) is 11.3. The molecule has 208 valence electrons. The highest BCUT2D eigenvalue weighted by atomic mass is 19.4. The molecule has 2 aromatic rings. The van der Waals surface area contributed by atoms with E-state index in [1.165, 1.54) is 6.08 Å². The Morgan fingerprint density at radius 1 is 1.08 bits per heavy atom. The van der Waals surface area contributed by atoms with Crippen LogP contribution in [0.3, 0.4) is 0 Å². The lowest BCUT2D eigenvalue weighted by Gasteiger charge is -2.27. The van der Waals surface area contributed by atoms with Gasteiger partial charge in [0, 0.05) is 12.1 Å². The monoisotopic (exact) mass is 545 g/mol. The first kappa shape index (κ1) is 29.3. The zero-order valence-corrected chi connectivity index (χ0v) is 21.3. The fourth-order valence-corrected chi connectivity index (χ4v) is 3.86. The highest BCUT2D eigenvalue weighted by Gasteiger charge is 2.35. The number of rotatable bonds is 8. The average molecular weight is 546 g/mol. The molecular weight excluding hydrogens is 516 g/mol. The highest BCUT2D eigenvalue weighted by molar-refractivity contribution is 5.79. The number of aromatic nitrogens is 3. The Bertz CT molecular complexity index is 1160. The zero-order chi connectivity index (χ0) is 28.3. The van der Waals surface area contributed by atoms with Crippen molar-refractivity contribution in [3.8, 4) is 0 Å². The quantitative estimate of drug-likeness (QED) is 0.469. The van der Waals surface area contributed by atoms with Crippen molar-refractivity contribution in [1.29, 1.82) is 0 Å². The standard InChI is InChI=1S/C25H29F6N5O2/c1-15-9-18(32-12-20(15)38-14-25(29,30)31)22(19-11-33-35-36(19)13-24(26,27)28)34-21(37)10-16-5-7-17(8-6-16)23(2,3)4/h5-9,11-12,15,20,22H,10,13-14H2,1-4H3,(H,34,37)/t15?,20?,22-/m0/s1. The lowest BCUT2D eigenvalue weighted by Crippen LogP contribution is -2.36. The van der Waals surface area contributed by atoms with Crippen LogP contribution in [0.2, 0.25) is 0 Å². The normalized spacial score (nSPS) is 19.3. The topological polar surface area (TPSA) is 81.4 Å². The van der Waals surface area contributed by atoms with Crippen molar-refractivity contribution in [2.24, 2.45) is 10.9 Å². The van der Waals surface area contributed by atoms with Gasteiger partial charge in [0.2, 0.25) is 5.91 Å². The van der Waals surface area contributed by atoms with Gasteiger partial charge in [0.05, 0.1) is 30.1 Å². The molecule has 3 rings (SSSR count). The lowest BCUT2D eigenvalue weighted by molar-refractivity contribution is -0.181. The number of hydrogen-bond acceptors (Lipinski definition) is 5. The molecule has 0 spiro atoms. The SMILES string of the molecule is CC1C=C([C@H](NC(=O)Cc2ccc(C(C)(C)C)cc2)c2cnnn2CC(F)(F)F)N=CC1OCC(F)(F)F. The Labute approximate surface area is 216 Å². The van der Waals surface area contributed by atoms with Gasteiger partial charge in [-0.05, 0) is 16.5 Å². The number of alkyl halides is 6. The van der Waals surface area contributed by atoms with Crippen LogP contribution in [0, 0.1) is 5.92 Å². The van der Waals surface area contributed by atoms with Crippen LogP contribution >= 0.6 is 0 Å². The van der Waals surface area contributed by atoms with Crippen molar-refractivity contribution < 1.29 is 35.9 Å². The van der Waals surface area contributed by atoms with E-state index in [0.29, 0.717) is 10.2 Å². The molecule has 3 atom stereocenters. The molecule has 1 aliphatic rings. The molecule has 0 fully saturated rings. The van der Waals surface area contributed by atoms with E-state index in [2.05, 4.69) is 41.4 Å². The summed E-state index contributed by atoms with van der Waals surface area (Å²) in [7, 11) is 0. The molecule has 1 aliphatic heterocycles. The fourth-order valence-electron chi connectivity index (χ4n) is 3.86. The summed E-state index contributed by atoms with van der Waals surface area (Å²) in [6.07, 6.45) is -6.53. The predicted octanol–water partition coefficient (Wildman–Crippen LogP) is 5.09. The fraction of sp³-hybridized carbons (Fsp3) is 0.520. The molecule has 38 heavy (non-hydrogen) atoms. The largest absolute Gasteiger partial charge is 0.411 e. The van der Waals surface area contributed by atoms with Gasteiger partial charge in [0.1, 0.15) is 19.2 Å². The molecule has 2 unspecified atom stereocenters. The van der Waals surface area contributed by atoms with Crippen molar-refractivity contribution in [1.82, 2.24) is 20.3 Å². The number of carbonyl (C=O) groups excluding carboxylic acids is 1. The minimum Gasteiger partial charge on any atom is -0.363 e. The van der Waals surface area contributed by atoms with Crippen LogP contribution in [0.15, 0.2) is 47.2 Å². The minimum absolute atomic E-state index is 0.0639. The van der Waals surface area contributed by atoms with Gasteiger partial charge in [-0.15, -0.1) is 5.10 Å². The summed E-state index contributed by atoms with van der Waals surface area (Å²) in [5.41, 5.74) is 1.72. The maximum Gasteiger partial charge on any atom is 0.411 e. The molecule has 0 radical (unpaired) electrons. The van der Waals surface area contributed by atoms with Gasteiger partial charge in [-0.3, -0.25) is 9.79 Å². The molecule has 1 N–H and O–H groups in total. The van der Waals surface area contributed by atoms with E-state index < -0.39 is 49.5 Å². The van der Waals surface area contributed by atoms with Gasteiger partial charge in [-0.1, -0.05) is 63.2 Å². The van der Waals surface area contributed by atoms with Gasteiger partial charge in [-0.25, -0.2) is 4.68 Å². The Kier molecular flexibility index (Phi) is 8.69. The molecular formula is C25H29F6N5O2. The van der Waals surface area contributed by atoms with Gasteiger partial charge >= 0.3 is 12.4 Å². The maximum atomic E-state index is 13.1. The van der Waals surface area contributed by atoms with E-state index in [0.717, 1.165) is 18.0 Å². The van der Waals surface area contributed by atoms with Crippen molar-refractivity contribution >= 4 is 12.1 Å². The number of ether oxygens (including phenoxy) is 1. The zero-order valence-electron chi connectivity index (χ0n) is 21.3. The summed E-state index contributed by atoms with van der Waals surface area (Å²) in [6.45, 7) is 4.80. The van der Waals surface area contributed by atoms with E-state index in [1.54, 1.807) is 19.1 Å². The minimum atomic E-state index is -4.61. The van der Waals surface area contributed by atoms with E-state index in [9.17, 15) is 31.1 Å². The van der Waals surface area contributed by atoms with Crippen LogP contribution in [-0.4, -0.2) is 52.2 Å².